The summed E-state index contributed by atoms with van der Waals surface area (Å²) in [5, 5.41) is 0. The van der Waals surface area contributed by atoms with E-state index < -0.39 is 0 Å². The minimum Gasteiger partial charge on any atom is -0.382 e. The van der Waals surface area contributed by atoms with Gasteiger partial charge in [0.2, 0.25) is 0 Å². The predicted molar refractivity (Wildman–Crippen MR) is 68.9 cm³/mol. The molecule has 16 heavy (non-hydrogen) atoms. The molecule has 0 aromatic heterocycles. The van der Waals surface area contributed by atoms with Crippen LogP contribution in [0.2, 0.25) is 0 Å². The van der Waals surface area contributed by atoms with Crippen LogP contribution in [0.25, 0.3) is 5.57 Å². The lowest BCUT2D eigenvalue weighted by atomic mass is 10.1. The summed E-state index contributed by atoms with van der Waals surface area (Å²) in [5.41, 5.74) is 2.34. The lowest BCUT2D eigenvalue weighted by Gasteiger charge is -2.03. The molecule has 0 unspecified atom stereocenters. The number of ether oxygens (including phenoxy) is 1. The van der Waals surface area contributed by atoms with Crippen LogP contribution in [-0.2, 0) is 4.74 Å². The molecule has 0 radical (unpaired) electrons. The average Bonchev–Trinajstić information content (AvgIpc) is 2.31. The van der Waals surface area contributed by atoms with Crippen LogP contribution in [0.3, 0.4) is 0 Å². The van der Waals surface area contributed by atoms with E-state index in [0.29, 0.717) is 6.61 Å². The van der Waals surface area contributed by atoms with E-state index in [1.54, 1.807) is 7.11 Å². The Kier molecular flexibility index (Phi) is 5.55. The Morgan fingerprint density at radius 3 is 2.62 bits per heavy atom. The molecule has 0 N–H and O–H groups in total. The second-order valence-corrected chi connectivity index (χ2v) is 3.74. The van der Waals surface area contributed by atoms with E-state index >= 15 is 0 Å². The van der Waals surface area contributed by atoms with Crippen LogP contribution >= 0.6 is 0 Å². The molecule has 1 atom stereocenters. The van der Waals surface area contributed by atoms with Gasteiger partial charge < -0.3 is 4.74 Å². The number of allylic oxidation sites excluding steroid dienone is 1. The summed E-state index contributed by atoms with van der Waals surface area (Å²) in [6, 6.07) is 10.4. The molecule has 0 heterocycles. The number of aliphatic imine (C=N–C) groups is 1. The summed E-state index contributed by atoms with van der Waals surface area (Å²) in [5.74, 6) is 3.13. The molecule has 2 heteroatoms. The van der Waals surface area contributed by atoms with Crippen molar-refractivity contribution < 1.29 is 4.74 Å². The summed E-state index contributed by atoms with van der Waals surface area (Å²) >= 11 is 0. The lowest BCUT2D eigenvalue weighted by molar-refractivity contribution is 0.186. The van der Waals surface area contributed by atoms with Crippen molar-refractivity contribution >= 4 is 11.4 Å². The van der Waals surface area contributed by atoms with Gasteiger partial charge in [0.25, 0.3) is 0 Å². The first kappa shape index (κ1) is 12.7. The van der Waals surface area contributed by atoms with Crippen molar-refractivity contribution in [1.82, 2.24) is 0 Å². The van der Waals surface area contributed by atoms with Gasteiger partial charge in [-0.3, -0.25) is 0 Å². The van der Waals surface area contributed by atoms with Crippen molar-refractivity contribution in [3.63, 3.8) is 0 Å². The fourth-order valence-corrected chi connectivity index (χ4v) is 1.45. The normalized spacial score (nSPS) is 11.7. The SMILES string of the molecule is CCC(=C=N[C@@H](C)COC)c1ccccc1. The van der Waals surface area contributed by atoms with Gasteiger partial charge in [0, 0.05) is 12.7 Å². The molecule has 86 valence electrons. The van der Waals surface area contributed by atoms with Gasteiger partial charge in [0.1, 0.15) is 0 Å². The summed E-state index contributed by atoms with van der Waals surface area (Å²) in [7, 11) is 1.69. The number of rotatable bonds is 5. The zero-order chi connectivity index (χ0) is 11.8. The molecule has 0 aliphatic heterocycles. The van der Waals surface area contributed by atoms with Crippen LogP contribution in [0, 0.1) is 0 Å². The quantitative estimate of drug-likeness (QED) is 0.694. The van der Waals surface area contributed by atoms with Crippen molar-refractivity contribution in [1.29, 1.82) is 0 Å². The molecule has 0 saturated heterocycles. The molecule has 0 bridgehead atoms. The number of hydrogen-bond acceptors (Lipinski definition) is 2. The van der Waals surface area contributed by atoms with Crippen LogP contribution < -0.4 is 0 Å². The second-order valence-electron chi connectivity index (χ2n) is 3.74. The van der Waals surface area contributed by atoms with Crippen molar-refractivity contribution in [3.8, 4) is 0 Å². The third kappa shape index (κ3) is 4.01. The van der Waals surface area contributed by atoms with E-state index in [-0.39, 0.29) is 6.04 Å². The van der Waals surface area contributed by atoms with Crippen molar-refractivity contribution in [2.75, 3.05) is 13.7 Å². The first-order chi connectivity index (χ1) is 7.77. The van der Waals surface area contributed by atoms with Gasteiger partial charge in [-0.25, -0.2) is 4.99 Å². The Balaban J connectivity index is 2.86. The highest BCUT2D eigenvalue weighted by Gasteiger charge is 1.98. The number of benzene rings is 1. The number of methoxy groups -OCH3 is 1. The minimum atomic E-state index is 0.162. The third-order valence-electron chi connectivity index (χ3n) is 2.30. The zero-order valence-corrected chi connectivity index (χ0v) is 10.2. The Labute approximate surface area is 97.7 Å². The maximum absolute atomic E-state index is 5.03. The van der Waals surface area contributed by atoms with Crippen molar-refractivity contribution in [2.45, 2.75) is 26.3 Å². The molecule has 1 aromatic carbocycles. The molecule has 0 spiro atoms. The first-order valence-electron chi connectivity index (χ1n) is 5.64. The summed E-state index contributed by atoms with van der Waals surface area (Å²) in [6.45, 7) is 4.78. The number of nitrogens with zero attached hydrogens (tertiary/aromatic N) is 1. The third-order valence-corrected chi connectivity index (χ3v) is 2.30. The highest BCUT2D eigenvalue weighted by molar-refractivity contribution is 5.89. The molecular weight excluding hydrogens is 198 g/mol. The maximum Gasteiger partial charge on any atom is 0.0799 e. The van der Waals surface area contributed by atoms with Gasteiger partial charge in [0.15, 0.2) is 0 Å². The van der Waals surface area contributed by atoms with Gasteiger partial charge in [-0.05, 0) is 24.8 Å². The standard InChI is InChI=1S/C14H19NO/c1-4-13(10-15-12(2)11-16-3)14-8-6-5-7-9-14/h5-9,12H,4,11H2,1-3H3/t12-/m0/s1. The first-order valence-corrected chi connectivity index (χ1v) is 5.64. The molecule has 0 aliphatic carbocycles. The van der Waals surface area contributed by atoms with Crippen LogP contribution in [0.4, 0.5) is 0 Å². The Morgan fingerprint density at radius 2 is 2.06 bits per heavy atom. The van der Waals surface area contributed by atoms with Gasteiger partial charge in [-0.1, -0.05) is 37.3 Å². The van der Waals surface area contributed by atoms with E-state index in [0.717, 1.165) is 12.0 Å². The molecule has 0 fully saturated rings. The van der Waals surface area contributed by atoms with Gasteiger partial charge in [0.05, 0.1) is 12.6 Å². The van der Waals surface area contributed by atoms with Crippen LogP contribution in [0.1, 0.15) is 25.8 Å². The van der Waals surface area contributed by atoms with Gasteiger partial charge in [-0.2, -0.15) is 0 Å². The molecule has 1 aromatic rings. The highest BCUT2D eigenvalue weighted by Crippen LogP contribution is 2.13. The topological polar surface area (TPSA) is 21.6 Å². The van der Waals surface area contributed by atoms with Crippen LogP contribution in [0.15, 0.2) is 35.3 Å². The Bertz CT molecular complexity index is 364. The van der Waals surface area contributed by atoms with E-state index in [4.69, 9.17) is 4.74 Å². The summed E-state index contributed by atoms with van der Waals surface area (Å²) in [6.07, 6.45) is 0.938. The fourth-order valence-electron chi connectivity index (χ4n) is 1.45. The maximum atomic E-state index is 5.03. The smallest absolute Gasteiger partial charge is 0.0799 e. The minimum absolute atomic E-state index is 0.162. The molecule has 0 saturated carbocycles. The summed E-state index contributed by atoms with van der Waals surface area (Å²) < 4.78 is 5.03. The zero-order valence-electron chi connectivity index (χ0n) is 10.2. The summed E-state index contributed by atoms with van der Waals surface area (Å²) in [4.78, 5) is 4.35. The molecular formula is C14H19NO. The monoisotopic (exact) mass is 217 g/mol. The molecule has 0 aliphatic rings. The van der Waals surface area contributed by atoms with Crippen molar-refractivity contribution in [3.05, 3.63) is 35.9 Å². The van der Waals surface area contributed by atoms with Gasteiger partial charge in [-0.15, -0.1) is 0 Å². The largest absolute Gasteiger partial charge is 0.382 e. The Morgan fingerprint density at radius 1 is 1.38 bits per heavy atom. The van der Waals surface area contributed by atoms with Crippen LogP contribution in [-0.4, -0.2) is 25.6 Å². The average molecular weight is 217 g/mol. The molecule has 0 amide bonds. The second kappa shape index (κ2) is 7.00. The van der Waals surface area contributed by atoms with Gasteiger partial charge >= 0.3 is 0 Å². The van der Waals surface area contributed by atoms with E-state index in [2.05, 4.69) is 29.9 Å². The Hall–Kier alpha value is -1.37. The molecule has 1 rings (SSSR count). The molecule has 2 nitrogen and oxygen atoms in total. The van der Waals surface area contributed by atoms with E-state index in [9.17, 15) is 0 Å². The van der Waals surface area contributed by atoms with E-state index in [1.807, 2.05) is 25.1 Å². The van der Waals surface area contributed by atoms with E-state index in [1.165, 1.54) is 5.56 Å². The number of hydrogen-bond donors (Lipinski definition) is 0. The van der Waals surface area contributed by atoms with Crippen molar-refractivity contribution in [2.24, 2.45) is 4.99 Å². The lowest BCUT2D eigenvalue weighted by Crippen LogP contribution is -2.06. The van der Waals surface area contributed by atoms with Crippen LogP contribution in [0.5, 0.6) is 0 Å². The predicted octanol–water partition coefficient (Wildman–Crippen LogP) is 3.18. The fraction of sp³-hybridized carbons (Fsp3) is 0.429. The highest BCUT2D eigenvalue weighted by atomic mass is 16.5.